The van der Waals surface area contributed by atoms with Crippen LogP contribution in [0.1, 0.15) is 0 Å². The van der Waals surface area contributed by atoms with Crippen molar-refractivity contribution in [3.8, 4) is 0 Å². The number of aliphatic hydroxyl groups excluding tert-OH is 1. The maximum absolute atomic E-state index is 8.06. The maximum Gasteiger partial charge on any atom is 0.149 e. The van der Waals surface area contributed by atoms with Gasteiger partial charge in [0.15, 0.2) is 0 Å². The first-order valence-corrected chi connectivity index (χ1v) is 2.13. The number of aliphatic hydroxyl groups is 1. The summed E-state index contributed by atoms with van der Waals surface area (Å²) in [7, 11) is 0.561. The van der Waals surface area contributed by atoms with Gasteiger partial charge in [0.05, 0.1) is 0 Å². The van der Waals surface area contributed by atoms with Crippen LogP contribution >= 0.6 is 0 Å². The molecule has 1 unspecified atom stereocenters. The SMILES string of the molecule is [CH2]C(O)O[SiH3]. The van der Waals surface area contributed by atoms with Gasteiger partial charge in [-0.15, -0.1) is 0 Å². The molecule has 0 aromatic rings. The fraction of sp³-hybridized carbons (Fsp3) is 0.500. The van der Waals surface area contributed by atoms with Crippen molar-refractivity contribution in [1.82, 2.24) is 0 Å². The van der Waals surface area contributed by atoms with Crippen LogP contribution in [0.3, 0.4) is 0 Å². The summed E-state index contributed by atoms with van der Waals surface area (Å²) in [5, 5.41) is 8.06. The van der Waals surface area contributed by atoms with Gasteiger partial charge in [-0.1, -0.05) is 0 Å². The van der Waals surface area contributed by atoms with Crippen LogP contribution in [0.2, 0.25) is 0 Å². The largest absolute Gasteiger partial charge is 0.404 e. The van der Waals surface area contributed by atoms with Gasteiger partial charge < -0.3 is 9.53 Å². The summed E-state index contributed by atoms with van der Waals surface area (Å²) in [4.78, 5) is 0. The first-order chi connectivity index (χ1) is 2.27. The van der Waals surface area contributed by atoms with Crippen LogP contribution in [0.4, 0.5) is 0 Å². The van der Waals surface area contributed by atoms with Crippen LogP contribution in [0.5, 0.6) is 0 Å². The Hall–Kier alpha value is 0.137. The zero-order chi connectivity index (χ0) is 4.28. The van der Waals surface area contributed by atoms with Crippen LogP contribution in [-0.2, 0) is 4.43 Å². The minimum atomic E-state index is -0.804. The first-order valence-electron chi connectivity index (χ1n) is 1.31. The van der Waals surface area contributed by atoms with Crippen molar-refractivity contribution < 1.29 is 9.53 Å². The lowest BCUT2D eigenvalue weighted by atomic mass is 10.8. The molecule has 1 atom stereocenters. The highest BCUT2D eigenvalue weighted by atomic mass is 28.2. The second kappa shape index (κ2) is 2.38. The van der Waals surface area contributed by atoms with Gasteiger partial charge in [-0.2, -0.15) is 0 Å². The van der Waals surface area contributed by atoms with Crippen molar-refractivity contribution >= 4 is 10.5 Å². The van der Waals surface area contributed by atoms with Crippen molar-refractivity contribution in [3.63, 3.8) is 0 Å². The fourth-order valence-corrected chi connectivity index (χ4v) is 0. The molecule has 0 rings (SSSR count). The van der Waals surface area contributed by atoms with Crippen molar-refractivity contribution in [1.29, 1.82) is 0 Å². The second-order valence-corrected chi connectivity index (χ2v) is 1.16. The molecular weight excluding hydrogens is 84.1 g/mol. The molecule has 0 saturated heterocycles. The Bertz CT molecular complexity index is 21.6. The van der Waals surface area contributed by atoms with Gasteiger partial charge in [0, 0.05) is 6.92 Å². The van der Waals surface area contributed by atoms with E-state index in [-0.39, 0.29) is 0 Å². The van der Waals surface area contributed by atoms with Crippen LogP contribution in [0.15, 0.2) is 0 Å². The van der Waals surface area contributed by atoms with Gasteiger partial charge in [-0.25, -0.2) is 0 Å². The number of rotatable bonds is 1. The Morgan fingerprint density at radius 1 is 2.00 bits per heavy atom. The Morgan fingerprint density at radius 3 is 2.20 bits per heavy atom. The molecule has 1 N–H and O–H groups in total. The minimum absolute atomic E-state index is 0.561. The predicted octanol–water partition coefficient (Wildman–Crippen LogP) is -1.56. The van der Waals surface area contributed by atoms with Crippen molar-refractivity contribution in [3.05, 3.63) is 6.92 Å². The van der Waals surface area contributed by atoms with Crippen LogP contribution in [0.25, 0.3) is 0 Å². The maximum atomic E-state index is 8.06. The lowest BCUT2D eigenvalue weighted by Crippen LogP contribution is -2.01. The molecule has 0 bridgehead atoms. The van der Waals surface area contributed by atoms with Gasteiger partial charge in [-0.3, -0.25) is 0 Å². The second-order valence-electron chi connectivity index (χ2n) is 0.690. The van der Waals surface area contributed by atoms with E-state index in [0.29, 0.717) is 10.5 Å². The smallest absolute Gasteiger partial charge is 0.149 e. The summed E-state index contributed by atoms with van der Waals surface area (Å²) < 4.78 is 4.33. The molecule has 1 radical (unpaired) electrons. The van der Waals surface area contributed by atoms with Crippen molar-refractivity contribution in [2.75, 3.05) is 0 Å². The molecule has 5 heavy (non-hydrogen) atoms. The molecule has 0 fully saturated rings. The van der Waals surface area contributed by atoms with Crippen LogP contribution < -0.4 is 0 Å². The summed E-state index contributed by atoms with van der Waals surface area (Å²) in [6.07, 6.45) is -0.804. The molecule has 0 aromatic carbocycles. The summed E-state index contributed by atoms with van der Waals surface area (Å²) in [6.45, 7) is 3.12. The van der Waals surface area contributed by atoms with E-state index in [1.165, 1.54) is 0 Å². The lowest BCUT2D eigenvalue weighted by molar-refractivity contribution is 0.0295. The highest BCUT2D eigenvalue weighted by Crippen LogP contribution is 1.70. The van der Waals surface area contributed by atoms with Gasteiger partial charge in [0.25, 0.3) is 0 Å². The van der Waals surface area contributed by atoms with Gasteiger partial charge in [0.1, 0.15) is 16.8 Å². The third kappa shape index (κ3) is 4.14. The zero-order valence-electron chi connectivity index (χ0n) is 3.14. The average molecular weight is 91.2 g/mol. The van der Waals surface area contributed by atoms with Gasteiger partial charge in [-0.05, 0) is 0 Å². The Kier molecular flexibility index (Phi) is 2.44. The Labute approximate surface area is 34.3 Å². The molecule has 0 aliphatic carbocycles. The average Bonchev–Trinajstić information content (AvgIpc) is 1.38. The van der Waals surface area contributed by atoms with E-state index in [2.05, 4.69) is 11.3 Å². The van der Waals surface area contributed by atoms with Crippen molar-refractivity contribution in [2.45, 2.75) is 6.29 Å². The molecule has 31 valence electrons. The lowest BCUT2D eigenvalue weighted by Gasteiger charge is -1.94. The quantitative estimate of drug-likeness (QED) is 0.312. The van der Waals surface area contributed by atoms with Crippen molar-refractivity contribution in [2.24, 2.45) is 0 Å². The summed E-state index contributed by atoms with van der Waals surface area (Å²) in [5.41, 5.74) is 0. The molecule has 0 aromatic heterocycles. The standard InChI is InChI=1S/C2H7O2Si/c1-2(3)4-5/h2-3H,1H2,5H3. The van der Waals surface area contributed by atoms with E-state index in [9.17, 15) is 0 Å². The zero-order valence-corrected chi connectivity index (χ0v) is 5.14. The van der Waals surface area contributed by atoms with E-state index < -0.39 is 6.29 Å². The highest BCUT2D eigenvalue weighted by Gasteiger charge is 1.79. The van der Waals surface area contributed by atoms with E-state index in [4.69, 9.17) is 5.11 Å². The first kappa shape index (κ1) is 5.14. The molecule has 0 saturated carbocycles. The van der Waals surface area contributed by atoms with E-state index in [1.54, 1.807) is 0 Å². The molecule has 0 heterocycles. The molecule has 2 nitrogen and oxygen atoms in total. The van der Waals surface area contributed by atoms with E-state index >= 15 is 0 Å². The normalized spacial score (nSPS) is 15.6. The molecule has 0 amide bonds. The summed E-state index contributed by atoms with van der Waals surface area (Å²) >= 11 is 0. The minimum Gasteiger partial charge on any atom is -0.404 e. The fourth-order valence-electron chi connectivity index (χ4n) is 0. The molecular formula is C2H7O2Si. The Balaban J connectivity index is 2.54. The highest BCUT2D eigenvalue weighted by molar-refractivity contribution is 5.98. The van der Waals surface area contributed by atoms with E-state index in [1.807, 2.05) is 0 Å². The molecule has 0 aliphatic rings. The summed E-state index contributed by atoms with van der Waals surface area (Å²) in [5.74, 6) is 0. The Morgan fingerprint density at radius 2 is 2.20 bits per heavy atom. The predicted molar refractivity (Wildman–Crippen MR) is 22.4 cm³/mol. The summed E-state index contributed by atoms with van der Waals surface area (Å²) in [6, 6.07) is 0. The molecule has 0 spiro atoms. The van der Waals surface area contributed by atoms with Crippen LogP contribution in [0, 0.1) is 6.92 Å². The molecule has 3 heteroatoms. The topological polar surface area (TPSA) is 29.5 Å². The third-order valence-corrected chi connectivity index (χ3v) is 0.816. The van der Waals surface area contributed by atoms with Gasteiger partial charge in [0.2, 0.25) is 0 Å². The third-order valence-electron chi connectivity index (χ3n) is 0.272. The van der Waals surface area contributed by atoms with Gasteiger partial charge >= 0.3 is 0 Å². The molecule has 0 aliphatic heterocycles. The number of hydrogen-bond donors (Lipinski definition) is 1. The monoisotopic (exact) mass is 91.0 g/mol. The number of hydrogen-bond acceptors (Lipinski definition) is 2. The van der Waals surface area contributed by atoms with Crippen LogP contribution in [-0.4, -0.2) is 21.9 Å². The van der Waals surface area contributed by atoms with E-state index in [0.717, 1.165) is 0 Å².